The quantitative estimate of drug-likeness (QED) is 0.676. The molecule has 0 aliphatic heterocycles. The number of aromatic nitrogens is 3. The summed E-state index contributed by atoms with van der Waals surface area (Å²) in [5, 5.41) is 2.19. The first-order chi connectivity index (χ1) is 9.75. The zero-order chi connectivity index (χ0) is 13.7. The van der Waals surface area contributed by atoms with E-state index in [0.29, 0.717) is 6.04 Å². The van der Waals surface area contributed by atoms with Gasteiger partial charge in [-0.15, -0.1) is 11.3 Å². The van der Waals surface area contributed by atoms with Crippen LogP contribution in [0.15, 0.2) is 23.7 Å². The zero-order valence-corrected chi connectivity index (χ0v) is 12.9. The second-order valence-corrected chi connectivity index (χ2v) is 6.72. The molecule has 102 valence electrons. The Morgan fingerprint density at radius 1 is 1.45 bits per heavy atom. The number of aryl methyl sites for hydroxylation is 2. The van der Waals surface area contributed by atoms with Crippen LogP contribution in [0.1, 0.15) is 34.9 Å². The number of hydrogen-bond donors (Lipinski definition) is 1. The van der Waals surface area contributed by atoms with Crippen LogP contribution in [0.4, 0.5) is 0 Å². The molecule has 1 aliphatic carbocycles. The molecule has 3 aromatic rings. The molecule has 0 saturated heterocycles. The predicted octanol–water partition coefficient (Wildman–Crippen LogP) is 4.39. The van der Waals surface area contributed by atoms with Crippen molar-refractivity contribution in [2.24, 2.45) is 0 Å². The highest BCUT2D eigenvalue weighted by Gasteiger charge is 2.25. The Morgan fingerprint density at radius 2 is 2.35 bits per heavy atom. The van der Waals surface area contributed by atoms with Crippen LogP contribution in [0, 0.1) is 11.7 Å². The average Bonchev–Trinajstić information content (AvgIpc) is 3.03. The number of nitrogens with zero attached hydrogens (tertiary/aromatic N) is 2. The number of imidazole rings is 1. The first-order valence-corrected chi connectivity index (χ1v) is 8.16. The van der Waals surface area contributed by atoms with Crippen molar-refractivity contribution < 1.29 is 0 Å². The molecule has 5 heteroatoms. The molecular formula is C15H15N3S2. The van der Waals surface area contributed by atoms with Crippen molar-refractivity contribution in [3.63, 3.8) is 0 Å². The standard InChI is InChI=1S/C15H15N3S2/c1-9-5-7-16-14-13(9)17-15(19)18(14)11-3-2-4-12-10(11)6-8-20-12/h5-8,11H,2-4H2,1H3,(H,17,19). The van der Waals surface area contributed by atoms with Crippen molar-refractivity contribution in [1.29, 1.82) is 0 Å². The lowest BCUT2D eigenvalue weighted by Gasteiger charge is -2.24. The number of fused-ring (bicyclic) bond motifs is 2. The van der Waals surface area contributed by atoms with Gasteiger partial charge in [-0.25, -0.2) is 4.98 Å². The monoisotopic (exact) mass is 301 g/mol. The maximum atomic E-state index is 5.57. The third-order valence-electron chi connectivity index (χ3n) is 4.15. The highest BCUT2D eigenvalue weighted by atomic mass is 32.1. The minimum atomic E-state index is 0.334. The van der Waals surface area contributed by atoms with Gasteiger partial charge in [0.15, 0.2) is 10.4 Å². The number of nitrogens with one attached hydrogen (secondary N) is 1. The van der Waals surface area contributed by atoms with Crippen molar-refractivity contribution >= 4 is 34.7 Å². The van der Waals surface area contributed by atoms with Gasteiger partial charge in [0, 0.05) is 11.1 Å². The number of H-pyrrole nitrogens is 1. The van der Waals surface area contributed by atoms with Crippen LogP contribution in [-0.4, -0.2) is 14.5 Å². The summed E-state index contributed by atoms with van der Waals surface area (Å²) in [4.78, 5) is 9.40. The first-order valence-electron chi connectivity index (χ1n) is 6.88. The molecule has 0 aromatic carbocycles. The summed E-state index contributed by atoms with van der Waals surface area (Å²) >= 11 is 7.43. The molecule has 0 saturated carbocycles. The highest BCUT2D eigenvalue weighted by molar-refractivity contribution is 7.71. The summed E-state index contributed by atoms with van der Waals surface area (Å²) in [5.74, 6) is 0. The number of aromatic amines is 1. The Bertz CT molecular complexity index is 840. The fraction of sp³-hybridized carbons (Fsp3) is 0.333. The molecule has 0 amide bonds. The van der Waals surface area contributed by atoms with E-state index in [1.165, 1.54) is 28.8 Å². The van der Waals surface area contributed by atoms with Gasteiger partial charge in [-0.2, -0.15) is 0 Å². The van der Waals surface area contributed by atoms with Crippen molar-refractivity contribution in [3.05, 3.63) is 44.5 Å². The minimum absolute atomic E-state index is 0.334. The maximum Gasteiger partial charge on any atom is 0.179 e. The first kappa shape index (κ1) is 12.3. The van der Waals surface area contributed by atoms with Crippen LogP contribution in [0.5, 0.6) is 0 Å². The van der Waals surface area contributed by atoms with E-state index in [1.54, 1.807) is 0 Å². The van der Waals surface area contributed by atoms with Gasteiger partial charge < -0.3 is 4.98 Å². The van der Waals surface area contributed by atoms with Crippen LogP contribution >= 0.6 is 23.6 Å². The fourth-order valence-corrected chi connectivity index (χ4v) is 4.46. The minimum Gasteiger partial charge on any atom is -0.329 e. The van der Waals surface area contributed by atoms with E-state index in [-0.39, 0.29) is 0 Å². The van der Waals surface area contributed by atoms with Crippen LogP contribution in [-0.2, 0) is 6.42 Å². The topological polar surface area (TPSA) is 33.6 Å². The van der Waals surface area contributed by atoms with Crippen LogP contribution in [0.3, 0.4) is 0 Å². The van der Waals surface area contributed by atoms with Gasteiger partial charge in [0.25, 0.3) is 0 Å². The average molecular weight is 301 g/mol. The smallest absolute Gasteiger partial charge is 0.179 e. The van der Waals surface area contributed by atoms with E-state index in [1.807, 2.05) is 23.6 Å². The maximum absolute atomic E-state index is 5.57. The highest BCUT2D eigenvalue weighted by Crippen LogP contribution is 2.37. The van der Waals surface area contributed by atoms with Crippen LogP contribution < -0.4 is 0 Å². The Kier molecular flexibility index (Phi) is 2.79. The molecule has 0 bridgehead atoms. The van der Waals surface area contributed by atoms with E-state index in [4.69, 9.17) is 12.2 Å². The zero-order valence-electron chi connectivity index (χ0n) is 11.2. The Balaban J connectivity index is 1.99. The van der Waals surface area contributed by atoms with Gasteiger partial charge in [0.05, 0.1) is 11.6 Å². The summed E-state index contributed by atoms with van der Waals surface area (Å²) in [7, 11) is 0. The number of pyridine rings is 1. The van der Waals surface area contributed by atoms with Crippen LogP contribution in [0.25, 0.3) is 11.2 Å². The van der Waals surface area contributed by atoms with Crippen molar-refractivity contribution in [2.75, 3.05) is 0 Å². The molecule has 20 heavy (non-hydrogen) atoms. The molecule has 3 aromatic heterocycles. The van der Waals surface area contributed by atoms with Crippen molar-refractivity contribution in [2.45, 2.75) is 32.2 Å². The van der Waals surface area contributed by atoms with Gasteiger partial charge in [-0.3, -0.25) is 4.57 Å². The van der Waals surface area contributed by atoms with Crippen molar-refractivity contribution in [3.8, 4) is 0 Å². The molecule has 4 rings (SSSR count). The normalized spacial score (nSPS) is 18.4. The molecule has 1 unspecified atom stereocenters. The Labute approximate surface area is 126 Å². The largest absolute Gasteiger partial charge is 0.329 e. The number of rotatable bonds is 1. The van der Waals surface area contributed by atoms with Gasteiger partial charge in [-0.05, 0) is 67.0 Å². The fourth-order valence-electron chi connectivity index (χ4n) is 3.16. The van der Waals surface area contributed by atoms with Crippen molar-refractivity contribution in [1.82, 2.24) is 14.5 Å². The predicted molar refractivity (Wildman–Crippen MR) is 85.1 cm³/mol. The van der Waals surface area contributed by atoms with E-state index < -0.39 is 0 Å². The van der Waals surface area contributed by atoms with E-state index >= 15 is 0 Å². The van der Waals surface area contributed by atoms with E-state index in [0.717, 1.165) is 22.4 Å². The molecule has 1 atom stereocenters. The Hall–Kier alpha value is -1.46. The molecule has 0 spiro atoms. The van der Waals surface area contributed by atoms with Gasteiger partial charge in [0.1, 0.15) is 0 Å². The lowest BCUT2D eigenvalue weighted by molar-refractivity contribution is 0.498. The number of thiophene rings is 1. The van der Waals surface area contributed by atoms with Gasteiger partial charge in [-0.1, -0.05) is 0 Å². The van der Waals surface area contributed by atoms with Gasteiger partial charge in [0.2, 0.25) is 0 Å². The Morgan fingerprint density at radius 3 is 3.25 bits per heavy atom. The molecule has 0 fully saturated rings. The molecular weight excluding hydrogens is 286 g/mol. The third-order valence-corrected chi connectivity index (χ3v) is 5.45. The second kappa shape index (κ2) is 4.53. The third kappa shape index (κ3) is 1.70. The molecule has 0 radical (unpaired) electrons. The van der Waals surface area contributed by atoms with Crippen LogP contribution in [0.2, 0.25) is 0 Å². The lowest BCUT2D eigenvalue weighted by Crippen LogP contribution is -2.16. The summed E-state index contributed by atoms with van der Waals surface area (Å²) in [5.41, 5.74) is 4.68. The van der Waals surface area contributed by atoms with Gasteiger partial charge >= 0.3 is 0 Å². The number of hydrogen-bond acceptors (Lipinski definition) is 3. The molecule has 1 N–H and O–H groups in total. The summed E-state index contributed by atoms with van der Waals surface area (Å²) in [6.07, 6.45) is 5.43. The lowest BCUT2D eigenvalue weighted by atomic mass is 9.94. The summed E-state index contributed by atoms with van der Waals surface area (Å²) < 4.78 is 2.99. The molecule has 1 aliphatic rings. The second-order valence-electron chi connectivity index (χ2n) is 5.33. The molecule has 3 heterocycles. The SMILES string of the molecule is Cc1ccnc2c1[nH]c(=S)n2C1CCCc2sccc21. The van der Waals surface area contributed by atoms with E-state index in [2.05, 4.69) is 32.9 Å². The summed E-state index contributed by atoms with van der Waals surface area (Å²) in [6, 6.07) is 4.61. The molecule has 3 nitrogen and oxygen atoms in total. The summed E-state index contributed by atoms with van der Waals surface area (Å²) in [6.45, 7) is 2.09. The van der Waals surface area contributed by atoms with E-state index in [9.17, 15) is 0 Å².